The van der Waals surface area contributed by atoms with Gasteiger partial charge in [-0.1, -0.05) is 51.6 Å². The van der Waals surface area contributed by atoms with E-state index in [0.29, 0.717) is 0 Å². The quantitative estimate of drug-likeness (QED) is 0.559. The van der Waals surface area contributed by atoms with Crippen LogP contribution >= 0.6 is 51.2 Å². The van der Waals surface area contributed by atoms with Crippen molar-refractivity contribution in [3.05, 3.63) is 54.3 Å². The van der Waals surface area contributed by atoms with Crippen molar-refractivity contribution in [3.8, 4) is 0 Å². The van der Waals surface area contributed by atoms with Gasteiger partial charge in [-0.15, -0.1) is 11.8 Å². The standard InChI is InChI=1S/C12H9BrOS3/c1-15-11(12-16-6-7-17-12)10(14)8-4-2-3-5-9(8)13/h2-7H,1H3. The average molecular weight is 345 g/mol. The lowest BCUT2D eigenvalue weighted by Crippen LogP contribution is -2.02. The summed E-state index contributed by atoms with van der Waals surface area (Å²) < 4.78 is 1.91. The van der Waals surface area contributed by atoms with Gasteiger partial charge in [-0.2, -0.15) is 0 Å². The number of carbonyl (C=O) groups is 1. The second-order valence-electron chi connectivity index (χ2n) is 3.14. The van der Waals surface area contributed by atoms with Crippen LogP contribution in [0.3, 0.4) is 0 Å². The van der Waals surface area contributed by atoms with Crippen molar-refractivity contribution in [1.82, 2.24) is 0 Å². The number of halogens is 1. The van der Waals surface area contributed by atoms with Gasteiger partial charge in [-0.25, -0.2) is 0 Å². The zero-order valence-corrected chi connectivity index (χ0v) is 13.0. The molecule has 0 spiro atoms. The lowest BCUT2D eigenvalue weighted by atomic mass is 10.1. The molecular formula is C12H9BrOS3. The number of hydrogen-bond acceptors (Lipinski definition) is 4. The highest BCUT2D eigenvalue weighted by atomic mass is 79.9. The maximum Gasteiger partial charge on any atom is 0.202 e. The molecule has 2 rings (SSSR count). The van der Waals surface area contributed by atoms with Crippen LogP contribution in [-0.4, -0.2) is 12.0 Å². The number of ketones is 1. The maximum absolute atomic E-state index is 12.4. The molecule has 0 saturated carbocycles. The lowest BCUT2D eigenvalue weighted by Gasteiger charge is -2.08. The van der Waals surface area contributed by atoms with Gasteiger partial charge in [0.25, 0.3) is 0 Å². The highest BCUT2D eigenvalue weighted by molar-refractivity contribution is 9.10. The van der Waals surface area contributed by atoms with Crippen LogP contribution in [-0.2, 0) is 0 Å². The van der Waals surface area contributed by atoms with Crippen molar-refractivity contribution in [2.75, 3.05) is 6.26 Å². The number of hydrogen-bond donors (Lipinski definition) is 0. The highest BCUT2D eigenvalue weighted by Gasteiger charge is 2.20. The molecule has 0 amide bonds. The molecule has 0 N–H and O–H groups in total. The molecule has 0 aliphatic carbocycles. The van der Waals surface area contributed by atoms with Crippen molar-refractivity contribution in [2.45, 2.75) is 0 Å². The Morgan fingerprint density at radius 1 is 1.24 bits per heavy atom. The van der Waals surface area contributed by atoms with Gasteiger partial charge in [0.2, 0.25) is 5.78 Å². The Bertz CT molecular complexity index is 498. The Morgan fingerprint density at radius 2 is 1.88 bits per heavy atom. The fourth-order valence-electron chi connectivity index (χ4n) is 1.35. The molecule has 0 saturated heterocycles. The molecule has 0 bridgehead atoms. The van der Waals surface area contributed by atoms with Crippen LogP contribution in [0.4, 0.5) is 0 Å². The van der Waals surface area contributed by atoms with E-state index in [1.165, 1.54) is 11.8 Å². The highest BCUT2D eigenvalue weighted by Crippen LogP contribution is 2.43. The van der Waals surface area contributed by atoms with Crippen LogP contribution in [0.2, 0.25) is 0 Å². The predicted octanol–water partition coefficient (Wildman–Crippen LogP) is 5.12. The van der Waals surface area contributed by atoms with E-state index in [9.17, 15) is 4.79 Å². The minimum Gasteiger partial charge on any atom is -0.288 e. The van der Waals surface area contributed by atoms with Crippen LogP contribution in [0, 0.1) is 0 Å². The van der Waals surface area contributed by atoms with Crippen molar-refractivity contribution in [3.63, 3.8) is 0 Å². The summed E-state index contributed by atoms with van der Waals surface area (Å²) in [5.74, 6) is 0.0867. The minimum absolute atomic E-state index is 0.0867. The first-order valence-corrected chi connectivity index (χ1v) is 8.57. The van der Waals surface area contributed by atoms with Crippen molar-refractivity contribution in [2.24, 2.45) is 0 Å². The third kappa shape index (κ3) is 3.02. The van der Waals surface area contributed by atoms with E-state index in [-0.39, 0.29) is 5.78 Å². The van der Waals surface area contributed by atoms with Gasteiger partial charge >= 0.3 is 0 Å². The molecule has 0 fully saturated rings. The summed E-state index contributed by atoms with van der Waals surface area (Å²) >= 11 is 8.15. The topological polar surface area (TPSA) is 17.1 Å². The fraction of sp³-hybridized carbons (Fsp3) is 0.0833. The molecule has 1 aromatic rings. The van der Waals surface area contributed by atoms with Crippen LogP contribution in [0.15, 0.2) is 48.7 Å². The molecule has 1 aliphatic rings. The van der Waals surface area contributed by atoms with Gasteiger partial charge < -0.3 is 0 Å². The molecule has 88 valence electrons. The van der Waals surface area contributed by atoms with Gasteiger partial charge in [0.15, 0.2) is 0 Å². The van der Waals surface area contributed by atoms with Gasteiger partial charge in [-0.05, 0) is 29.2 Å². The van der Waals surface area contributed by atoms with Crippen LogP contribution in [0.25, 0.3) is 0 Å². The first-order valence-electron chi connectivity index (χ1n) is 4.80. The summed E-state index contributed by atoms with van der Waals surface area (Å²) in [4.78, 5) is 13.2. The molecule has 17 heavy (non-hydrogen) atoms. The number of Topliss-reactive ketones (excluding diaryl/α,β-unsaturated/α-hetero) is 1. The van der Waals surface area contributed by atoms with Gasteiger partial charge in [0, 0.05) is 10.0 Å². The Balaban J connectivity index is 2.37. The van der Waals surface area contributed by atoms with Crippen LogP contribution in [0.5, 0.6) is 0 Å². The summed E-state index contributed by atoms with van der Waals surface area (Å²) in [5, 5.41) is 4.01. The first-order chi connectivity index (χ1) is 8.24. The average Bonchev–Trinajstić information content (AvgIpc) is 2.84. The molecule has 1 aliphatic heterocycles. The van der Waals surface area contributed by atoms with E-state index in [1.807, 2.05) is 41.3 Å². The van der Waals surface area contributed by atoms with E-state index in [4.69, 9.17) is 0 Å². The summed E-state index contributed by atoms with van der Waals surface area (Å²) in [6.45, 7) is 0. The largest absolute Gasteiger partial charge is 0.288 e. The molecule has 5 heteroatoms. The van der Waals surface area contributed by atoms with Crippen molar-refractivity contribution >= 4 is 57.0 Å². The van der Waals surface area contributed by atoms with E-state index in [1.54, 1.807) is 23.5 Å². The van der Waals surface area contributed by atoms with E-state index < -0.39 is 0 Å². The van der Waals surface area contributed by atoms with E-state index in [2.05, 4.69) is 15.9 Å². The number of carbonyl (C=O) groups excluding carboxylic acids is 1. The SMILES string of the molecule is CSC(C(=O)c1ccccc1Br)=C1SC=CS1. The molecule has 1 heterocycles. The lowest BCUT2D eigenvalue weighted by molar-refractivity contribution is 0.104. The van der Waals surface area contributed by atoms with Gasteiger partial charge in [0.05, 0.1) is 9.14 Å². The predicted molar refractivity (Wildman–Crippen MR) is 83.3 cm³/mol. The van der Waals surface area contributed by atoms with Crippen LogP contribution in [0.1, 0.15) is 10.4 Å². The van der Waals surface area contributed by atoms with E-state index in [0.717, 1.165) is 19.2 Å². The second-order valence-corrected chi connectivity index (χ2v) is 6.90. The third-order valence-corrected chi connectivity index (χ3v) is 6.00. The molecule has 0 radical (unpaired) electrons. The monoisotopic (exact) mass is 344 g/mol. The number of benzene rings is 1. The molecule has 0 aromatic heterocycles. The van der Waals surface area contributed by atoms with E-state index >= 15 is 0 Å². The Hall–Kier alpha value is -0.100. The summed E-state index contributed by atoms with van der Waals surface area (Å²) in [7, 11) is 0. The molecule has 0 unspecified atom stereocenters. The number of allylic oxidation sites excluding steroid dienone is 1. The Kier molecular flexibility index (Phi) is 4.85. The molecule has 1 nitrogen and oxygen atoms in total. The first kappa shape index (κ1) is 13.3. The van der Waals surface area contributed by atoms with Crippen LogP contribution < -0.4 is 0 Å². The molecule has 0 atom stereocenters. The minimum atomic E-state index is 0.0867. The normalized spacial score (nSPS) is 14.1. The molecule has 1 aromatic carbocycles. The second kappa shape index (κ2) is 6.18. The zero-order valence-electron chi connectivity index (χ0n) is 8.98. The van der Waals surface area contributed by atoms with Gasteiger partial charge in [-0.3, -0.25) is 4.79 Å². The summed E-state index contributed by atoms with van der Waals surface area (Å²) in [5.41, 5.74) is 0.720. The fourth-order valence-corrected chi connectivity index (χ4v) is 4.71. The zero-order chi connectivity index (χ0) is 12.3. The van der Waals surface area contributed by atoms with Gasteiger partial charge in [0.1, 0.15) is 0 Å². The smallest absolute Gasteiger partial charge is 0.202 e. The molecular weight excluding hydrogens is 336 g/mol. The maximum atomic E-state index is 12.4. The summed E-state index contributed by atoms with van der Waals surface area (Å²) in [6.07, 6.45) is 1.94. The third-order valence-electron chi connectivity index (χ3n) is 2.12. The Labute approximate surface area is 122 Å². The van der Waals surface area contributed by atoms with Crippen molar-refractivity contribution < 1.29 is 4.79 Å². The number of rotatable bonds is 3. The summed E-state index contributed by atoms with van der Waals surface area (Å²) in [6, 6.07) is 7.53. The Morgan fingerprint density at radius 3 is 2.47 bits per heavy atom. The van der Waals surface area contributed by atoms with Crippen molar-refractivity contribution in [1.29, 1.82) is 0 Å². The number of thioether (sulfide) groups is 3.